The smallest absolute Gasteiger partial charge is 0.201 e. The second-order valence-corrected chi connectivity index (χ2v) is 6.51. The monoisotopic (exact) mass is 315 g/mol. The van der Waals surface area contributed by atoms with Crippen LogP contribution in [0.5, 0.6) is 0 Å². The van der Waals surface area contributed by atoms with Gasteiger partial charge in [0.2, 0.25) is 5.78 Å². The second-order valence-electron chi connectivity index (χ2n) is 5.02. The van der Waals surface area contributed by atoms with Crippen LogP contribution in [0.2, 0.25) is 5.02 Å². The van der Waals surface area contributed by atoms with Crippen molar-refractivity contribution in [1.29, 1.82) is 0 Å². The summed E-state index contributed by atoms with van der Waals surface area (Å²) in [5.41, 5.74) is 3.77. The Balaban J connectivity index is 1.95. The molecule has 106 valence electrons. The van der Waals surface area contributed by atoms with Crippen LogP contribution in [0, 0.1) is 6.92 Å². The SMILES string of the molecule is CC1=C(C(=O)c2ccc(Cl)cc2)Sc2cc(C)ccc2N1. The van der Waals surface area contributed by atoms with Gasteiger partial charge in [-0.2, -0.15) is 0 Å². The van der Waals surface area contributed by atoms with E-state index in [1.807, 2.05) is 19.9 Å². The van der Waals surface area contributed by atoms with Crippen molar-refractivity contribution in [3.8, 4) is 0 Å². The van der Waals surface area contributed by atoms with Crippen molar-refractivity contribution in [3.63, 3.8) is 0 Å². The minimum atomic E-state index is 0.0221. The van der Waals surface area contributed by atoms with Crippen LogP contribution in [-0.4, -0.2) is 5.78 Å². The first-order valence-electron chi connectivity index (χ1n) is 6.61. The molecule has 2 aromatic rings. The van der Waals surface area contributed by atoms with Crippen LogP contribution in [0.4, 0.5) is 5.69 Å². The van der Waals surface area contributed by atoms with Crippen LogP contribution in [0.1, 0.15) is 22.8 Å². The van der Waals surface area contributed by atoms with Gasteiger partial charge in [0.15, 0.2) is 0 Å². The molecule has 4 heteroatoms. The van der Waals surface area contributed by atoms with Crippen LogP contribution in [-0.2, 0) is 0 Å². The zero-order valence-electron chi connectivity index (χ0n) is 11.7. The van der Waals surface area contributed by atoms with E-state index in [0.29, 0.717) is 10.6 Å². The van der Waals surface area contributed by atoms with Gasteiger partial charge in [-0.25, -0.2) is 0 Å². The Labute approximate surface area is 133 Å². The lowest BCUT2D eigenvalue weighted by Gasteiger charge is -2.21. The Kier molecular flexibility index (Phi) is 3.79. The topological polar surface area (TPSA) is 29.1 Å². The summed E-state index contributed by atoms with van der Waals surface area (Å²) >= 11 is 7.40. The fraction of sp³-hybridized carbons (Fsp3) is 0.118. The third-order valence-electron chi connectivity index (χ3n) is 3.32. The minimum Gasteiger partial charge on any atom is -0.357 e. The number of halogens is 1. The molecule has 1 aliphatic heterocycles. The lowest BCUT2D eigenvalue weighted by Crippen LogP contribution is -2.12. The molecule has 3 rings (SSSR count). The first-order chi connectivity index (χ1) is 10.0. The highest BCUT2D eigenvalue weighted by Crippen LogP contribution is 2.41. The molecule has 1 N–H and O–H groups in total. The first kappa shape index (κ1) is 14.2. The number of nitrogens with one attached hydrogen (secondary N) is 1. The molecule has 0 unspecified atom stereocenters. The minimum absolute atomic E-state index is 0.0221. The summed E-state index contributed by atoms with van der Waals surface area (Å²) < 4.78 is 0. The number of thioether (sulfide) groups is 1. The lowest BCUT2D eigenvalue weighted by molar-refractivity contribution is 0.104. The van der Waals surface area contributed by atoms with Gasteiger partial charge in [-0.1, -0.05) is 29.4 Å². The quantitative estimate of drug-likeness (QED) is 0.764. The summed E-state index contributed by atoms with van der Waals surface area (Å²) in [4.78, 5) is 14.5. The number of carbonyl (C=O) groups is 1. The van der Waals surface area contributed by atoms with Crippen molar-refractivity contribution in [2.45, 2.75) is 18.7 Å². The van der Waals surface area contributed by atoms with E-state index in [1.165, 1.54) is 17.3 Å². The number of anilines is 1. The number of benzene rings is 2. The molecule has 0 radical (unpaired) electrons. The van der Waals surface area contributed by atoms with E-state index in [0.717, 1.165) is 21.2 Å². The number of Topliss-reactive ketones (excluding diaryl/α,β-unsaturated/α-hetero) is 1. The van der Waals surface area contributed by atoms with Crippen molar-refractivity contribution >= 4 is 34.8 Å². The number of hydrogen-bond donors (Lipinski definition) is 1. The average molecular weight is 316 g/mol. The zero-order valence-corrected chi connectivity index (χ0v) is 13.3. The highest BCUT2D eigenvalue weighted by Gasteiger charge is 2.22. The maximum atomic E-state index is 12.7. The number of hydrogen-bond acceptors (Lipinski definition) is 3. The maximum absolute atomic E-state index is 12.7. The van der Waals surface area contributed by atoms with Gasteiger partial charge >= 0.3 is 0 Å². The molecule has 2 nitrogen and oxygen atoms in total. The molecule has 0 fully saturated rings. The van der Waals surface area contributed by atoms with Gasteiger partial charge in [0.25, 0.3) is 0 Å². The summed E-state index contributed by atoms with van der Waals surface area (Å²) in [6, 6.07) is 13.2. The van der Waals surface area contributed by atoms with Crippen molar-refractivity contribution in [3.05, 3.63) is 69.2 Å². The molecule has 0 amide bonds. The Hall–Kier alpha value is -1.71. The Morgan fingerprint density at radius 1 is 1.10 bits per heavy atom. The van der Waals surface area contributed by atoms with E-state index in [2.05, 4.69) is 17.4 Å². The molecule has 1 aliphatic rings. The summed E-state index contributed by atoms with van der Waals surface area (Å²) in [6.45, 7) is 3.98. The number of fused-ring (bicyclic) bond motifs is 1. The van der Waals surface area contributed by atoms with Gasteiger partial charge in [-0.05, 0) is 55.8 Å². The summed E-state index contributed by atoms with van der Waals surface area (Å²) in [7, 11) is 0. The number of allylic oxidation sites excluding steroid dienone is 2. The predicted molar refractivity (Wildman–Crippen MR) is 89.1 cm³/mol. The van der Waals surface area contributed by atoms with Gasteiger partial charge in [0.05, 0.1) is 10.6 Å². The third-order valence-corrected chi connectivity index (χ3v) is 4.83. The molecule has 0 aliphatic carbocycles. The van der Waals surface area contributed by atoms with Gasteiger partial charge in [0, 0.05) is 21.2 Å². The molecule has 1 heterocycles. The molecule has 0 saturated heterocycles. The van der Waals surface area contributed by atoms with Gasteiger partial charge in [-0.3, -0.25) is 4.79 Å². The standard InChI is InChI=1S/C17H14ClNOS/c1-10-3-8-14-15(9-10)21-17(11(2)19-14)16(20)12-4-6-13(18)7-5-12/h3-9,19H,1-2H3. The molecule has 0 saturated carbocycles. The summed E-state index contributed by atoms with van der Waals surface area (Å²) in [6.07, 6.45) is 0. The number of aryl methyl sites for hydroxylation is 1. The molecule has 0 bridgehead atoms. The largest absolute Gasteiger partial charge is 0.357 e. The van der Waals surface area contributed by atoms with Crippen LogP contribution < -0.4 is 5.32 Å². The highest BCUT2D eigenvalue weighted by molar-refractivity contribution is 8.04. The Bertz CT molecular complexity index is 750. The molecule has 21 heavy (non-hydrogen) atoms. The van der Waals surface area contributed by atoms with Crippen molar-refractivity contribution < 1.29 is 4.79 Å². The number of rotatable bonds is 2. The van der Waals surface area contributed by atoms with Crippen LogP contribution in [0.15, 0.2) is 58.0 Å². The van der Waals surface area contributed by atoms with E-state index in [-0.39, 0.29) is 5.78 Å². The first-order valence-corrected chi connectivity index (χ1v) is 7.81. The molecule has 2 aromatic carbocycles. The fourth-order valence-corrected chi connectivity index (χ4v) is 3.45. The molecule has 0 aromatic heterocycles. The molecule has 0 atom stereocenters. The van der Waals surface area contributed by atoms with Gasteiger partial charge in [-0.15, -0.1) is 0 Å². The maximum Gasteiger partial charge on any atom is 0.201 e. The number of carbonyl (C=O) groups excluding carboxylic acids is 1. The highest BCUT2D eigenvalue weighted by atomic mass is 35.5. The van der Waals surface area contributed by atoms with Gasteiger partial charge in [0.1, 0.15) is 0 Å². The number of ketones is 1. The fourth-order valence-electron chi connectivity index (χ4n) is 2.21. The van der Waals surface area contributed by atoms with Crippen LogP contribution in [0.3, 0.4) is 0 Å². The van der Waals surface area contributed by atoms with E-state index < -0.39 is 0 Å². The van der Waals surface area contributed by atoms with Crippen LogP contribution >= 0.6 is 23.4 Å². The normalized spacial score (nSPS) is 13.7. The average Bonchev–Trinajstić information content (AvgIpc) is 2.47. The zero-order chi connectivity index (χ0) is 15.0. The molecular weight excluding hydrogens is 302 g/mol. The molecular formula is C17H14ClNOS. The second kappa shape index (κ2) is 5.58. The van der Waals surface area contributed by atoms with Crippen molar-refractivity contribution in [2.24, 2.45) is 0 Å². The summed E-state index contributed by atoms with van der Waals surface area (Å²) in [5.74, 6) is 0.0221. The van der Waals surface area contributed by atoms with Gasteiger partial charge < -0.3 is 5.32 Å². The van der Waals surface area contributed by atoms with E-state index in [1.54, 1.807) is 24.3 Å². The van der Waals surface area contributed by atoms with Crippen molar-refractivity contribution in [1.82, 2.24) is 0 Å². The predicted octanol–water partition coefficient (Wildman–Crippen LogP) is 5.28. The molecule has 0 spiro atoms. The van der Waals surface area contributed by atoms with E-state index in [4.69, 9.17) is 11.6 Å². The summed E-state index contributed by atoms with van der Waals surface area (Å²) in [5, 5.41) is 3.94. The Morgan fingerprint density at radius 3 is 2.52 bits per heavy atom. The van der Waals surface area contributed by atoms with Crippen molar-refractivity contribution in [2.75, 3.05) is 5.32 Å². The lowest BCUT2D eigenvalue weighted by atomic mass is 10.1. The van der Waals surface area contributed by atoms with E-state index >= 15 is 0 Å². The van der Waals surface area contributed by atoms with E-state index in [9.17, 15) is 4.79 Å². The Morgan fingerprint density at radius 2 is 1.81 bits per heavy atom. The third kappa shape index (κ3) is 2.85. The van der Waals surface area contributed by atoms with Crippen LogP contribution in [0.25, 0.3) is 0 Å².